The number of aryl methyl sites for hydroxylation is 2. The molecule has 3 aromatic rings. The summed E-state index contributed by atoms with van der Waals surface area (Å²) in [4.78, 5) is 20.5. The Labute approximate surface area is 130 Å². The second-order valence-electron chi connectivity index (χ2n) is 4.72. The second kappa shape index (κ2) is 5.42. The number of aromatic nitrogens is 2. The second-order valence-corrected chi connectivity index (χ2v) is 6.10. The number of carbonyl (C=O) groups is 1. The van der Waals surface area contributed by atoms with Crippen LogP contribution >= 0.6 is 22.9 Å². The van der Waals surface area contributed by atoms with E-state index in [2.05, 4.69) is 21.4 Å². The molecule has 4 nitrogen and oxygen atoms in total. The van der Waals surface area contributed by atoms with Crippen LogP contribution in [0.25, 0.3) is 10.2 Å². The molecule has 0 atom stereocenters. The van der Waals surface area contributed by atoms with E-state index in [0.29, 0.717) is 15.8 Å². The van der Waals surface area contributed by atoms with Gasteiger partial charge in [-0.05, 0) is 37.1 Å². The van der Waals surface area contributed by atoms with Crippen molar-refractivity contribution in [2.75, 3.05) is 5.32 Å². The van der Waals surface area contributed by atoms with E-state index in [9.17, 15) is 4.79 Å². The molecular weight excluding hydrogens is 306 g/mol. The van der Waals surface area contributed by atoms with E-state index in [0.717, 1.165) is 21.3 Å². The third-order valence-electron chi connectivity index (χ3n) is 3.15. The van der Waals surface area contributed by atoms with Crippen molar-refractivity contribution in [1.82, 2.24) is 9.97 Å². The summed E-state index contributed by atoms with van der Waals surface area (Å²) in [6.45, 7) is 4.05. The van der Waals surface area contributed by atoms with Gasteiger partial charge in [-0.3, -0.25) is 10.1 Å². The van der Waals surface area contributed by atoms with Crippen LogP contribution in [-0.2, 0) is 0 Å². The molecule has 0 bridgehead atoms. The molecule has 1 aromatic carbocycles. The summed E-state index contributed by atoms with van der Waals surface area (Å²) < 4.78 is 1.10. The maximum Gasteiger partial charge on any atom is 0.257 e. The lowest BCUT2D eigenvalue weighted by Gasteiger charge is -2.01. The lowest BCUT2D eigenvalue weighted by Crippen LogP contribution is -2.11. The number of anilines is 1. The summed E-state index contributed by atoms with van der Waals surface area (Å²) in [7, 11) is 0. The predicted octanol–water partition coefficient (Wildman–Crippen LogP) is 4.21. The van der Waals surface area contributed by atoms with Crippen LogP contribution in [-0.4, -0.2) is 15.9 Å². The molecule has 0 aliphatic heterocycles. The number of amides is 1. The van der Waals surface area contributed by atoms with Crippen molar-refractivity contribution >= 4 is 44.2 Å². The monoisotopic (exact) mass is 317 g/mol. The van der Waals surface area contributed by atoms with Gasteiger partial charge >= 0.3 is 0 Å². The lowest BCUT2D eigenvalue weighted by atomic mass is 10.1. The fraction of sp³-hybridized carbons (Fsp3) is 0.133. The van der Waals surface area contributed by atoms with Crippen LogP contribution < -0.4 is 5.32 Å². The average Bonchev–Trinajstić information content (AvgIpc) is 2.88. The van der Waals surface area contributed by atoms with Crippen LogP contribution in [0.1, 0.15) is 21.5 Å². The molecule has 1 amide bonds. The van der Waals surface area contributed by atoms with E-state index in [1.807, 2.05) is 19.9 Å². The minimum absolute atomic E-state index is 0.242. The van der Waals surface area contributed by atoms with E-state index in [1.165, 1.54) is 23.6 Å². The Morgan fingerprint density at radius 3 is 2.71 bits per heavy atom. The molecular formula is C15H12ClN3OS. The first-order chi connectivity index (χ1) is 10.0. The highest BCUT2D eigenvalue weighted by molar-refractivity contribution is 7.22. The standard InChI is InChI=1S/C15H12ClN3OS/c1-8-3-4-9(2)13-12(8)18-15(21-13)19-14(20)10-5-6-17-11(16)7-10/h3-7H,1-2H3,(H,18,19,20). The van der Waals surface area contributed by atoms with Crippen LogP contribution in [0.2, 0.25) is 5.15 Å². The number of benzene rings is 1. The minimum Gasteiger partial charge on any atom is -0.298 e. The van der Waals surface area contributed by atoms with Gasteiger partial charge in [0, 0.05) is 11.8 Å². The van der Waals surface area contributed by atoms with Gasteiger partial charge < -0.3 is 0 Å². The van der Waals surface area contributed by atoms with Crippen LogP contribution in [0.4, 0.5) is 5.13 Å². The van der Waals surface area contributed by atoms with Crippen molar-refractivity contribution < 1.29 is 4.79 Å². The number of nitrogens with one attached hydrogen (secondary N) is 1. The molecule has 0 aliphatic carbocycles. The molecule has 0 spiro atoms. The Balaban J connectivity index is 1.93. The highest BCUT2D eigenvalue weighted by Crippen LogP contribution is 2.31. The lowest BCUT2D eigenvalue weighted by molar-refractivity contribution is 0.102. The van der Waals surface area contributed by atoms with E-state index < -0.39 is 0 Å². The largest absolute Gasteiger partial charge is 0.298 e. The quantitative estimate of drug-likeness (QED) is 0.720. The van der Waals surface area contributed by atoms with Crippen molar-refractivity contribution in [3.05, 3.63) is 52.3 Å². The summed E-state index contributed by atoms with van der Waals surface area (Å²) in [5, 5.41) is 3.69. The van der Waals surface area contributed by atoms with Crippen molar-refractivity contribution in [2.45, 2.75) is 13.8 Å². The van der Waals surface area contributed by atoms with E-state index in [1.54, 1.807) is 6.07 Å². The van der Waals surface area contributed by atoms with Gasteiger partial charge in [-0.25, -0.2) is 9.97 Å². The first-order valence-electron chi connectivity index (χ1n) is 6.34. The topological polar surface area (TPSA) is 54.9 Å². The Kier molecular flexibility index (Phi) is 3.61. The molecule has 0 radical (unpaired) electrons. The van der Waals surface area contributed by atoms with E-state index >= 15 is 0 Å². The number of pyridine rings is 1. The molecule has 6 heteroatoms. The highest BCUT2D eigenvalue weighted by Gasteiger charge is 2.12. The molecule has 0 saturated heterocycles. The zero-order valence-corrected chi connectivity index (χ0v) is 13.0. The number of rotatable bonds is 2. The third-order valence-corrected chi connectivity index (χ3v) is 4.46. The van der Waals surface area contributed by atoms with Gasteiger partial charge in [0.2, 0.25) is 0 Å². The van der Waals surface area contributed by atoms with Gasteiger partial charge in [0.1, 0.15) is 5.15 Å². The van der Waals surface area contributed by atoms with Crippen molar-refractivity contribution in [2.24, 2.45) is 0 Å². The smallest absolute Gasteiger partial charge is 0.257 e. The molecule has 0 unspecified atom stereocenters. The zero-order valence-electron chi connectivity index (χ0n) is 11.5. The molecule has 1 N–H and O–H groups in total. The Morgan fingerprint density at radius 1 is 1.24 bits per heavy atom. The zero-order chi connectivity index (χ0) is 15.0. The van der Waals surface area contributed by atoms with Crippen LogP contribution in [0.3, 0.4) is 0 Å². The minimum atomic E-state index is -0.242. The van der Waals surface area contributed by atoms with Gasteiger partial charge in [-0.1, -0.05) is 35.1 Å². The number of fused-ring (bicyclic) bond motifs is 1. The van der Waals surface area contributed by atoms with Crippen molar-refractivity contribution in [1.29, 1.82) is 0 Å². The summed E-state index contributed by atoms with van der Waals surface area (Å²) in [6, 6.07) is 7.24. The molecule has 0 aliphatic rings. The van der Waals surface area contributed by atoms with Crippen LogP contribution in [0, 0.1) is 13.8 Å². The van der Waals surface area contributed by atoms with Gasteiger partial charge in [-0.15, -0.1) is 0 Å². The number of nitrogens with zero attached hydrogens (tertiary/aromatic N) is 2. The maximum atomic E-state index is 12.2. The van der Waals surface area contributed by atoms with Crippen LogP contribution in [0.5, 0.6) is 0 Å². The highest BCUT2D eigenvalue weighted by atomic mass is 35.5. The van der Waals surface area contributed by atoms with Gasteiger partial charge in [0.05, 0.1) is 10.2 Å². The van der Waals surface area contributed by atoms with Gasteiger partial charge in [0.15, 0.2) is 5.13 Å². The molecule has 106 valence electrons. The normalized spacial score (nSPS) is 10.8. The molecule has 0 fully saturated rings. The Hall–Kier alpha value is -1.98. The van der Waals surface area contributed by atoms with E-state index in [4.69, 9.17) is 11.6 Å². The van der Waals surface area contributed by atoms with E-state index in [-0.39, 0.29) is 5.91 Å². The first kappa shape index (κ1) is 14.0. The number of carbonyl (C=O) groups excluding carboxylic acids is 1. The first-order valence-corrected chi connectivity index (χ1v) is 7.53. The fourth-order valence-electron chi connectivity index (χ4n) is 2.03. The van der Waals surface area contributed by atoms with Crippen molar-refractivity contribution in [3.8, 4) is 0 Å². The molecule has 3 rings (SSSR count). The maximum absolute atomic E-state index is 12.2. The molecule has 0 saturated carbocycles. The van der Waals surface area contributed by atoms with Gasteiger partial charge in [-0.2, -0.15) is 0 Å². The van der Waals surface area contributed by atoms with Crippen molar-refractivity contribution in [3.63, 3.8) is 0 Å². The van der Waals surface area contributed by atoms with Gasteiger partial charge in [0.25, 0.3) is 5.91 Å². The Bertz CT molecular complexity index is 805. The summed E-state index contributed by atoms with van der Waals surface area (Å²) in [6.07, 6.45) is 1.50. The molecule has 2 aromatic heterocycles. The van der Waals surface area contributed by atoms with Crippen LogP contribution in [0.15, 0.2) is 30.5 Å². The molecule has 21 heavy (non-hydrogen) atoms. The Morgan fingerprint density at radius 2 is 2.00 bits per heavy atom. The third kappa shape index (κ3) is 2.75. The summed E-state index contributed by atoms with van der Waals surface area (Å²) >= 11 is 7.27. The summed E-state index contributed by atoms with van der Waals surface area (Å²) in [5.41, 5.74) is 3.64. The predicted molar refractivity (Wildman–Crippen MR) is 86.3 cm³/mol. The SMILES string of the molecule is Cc1ccc(C)c2sc(NC(=O)c3ccnc(Cl)c3)nc12. The number of halogens is 1. The average molecular weight is 318 g/mol. The number of hydrogen-bond acceptors (Lipinski definition) is 4. The molecule has 2 heterocycles. The number of thiazole rings is 1. The summed E-state index contributed by atoms with van der Waals surface area (Å²) in [5.74, 6) is -0.242. The fourth-order valence-corrected chi connectivity index (χ4v) is 3.21. The number of hydrogen-bond donors (Lipinski definition) is 1.